The van der Waals surface area contributed by atoms with Crippen LogP contribution in [0.1, 0.15) is 12.8 Å². The van der Waals surface area contributed by atoms with Crippen molar-refractivity contribution in [1.29, 1.82) is 0 Å². The zero-order valence-corrected chi connectivity index (χ0v) is 9.46. The van der Waals surface area contributed by atoms with Crippen molar-refractivity contribution in [3.05, 3.63) is 12.4 Å². The Morgan fingerprint density at radius 2 is 2.31 bits per heavy atom. The van der Waals surface area contributed by atoms with E-state index >= 15 is 0 Å². The van der Waals surface area contributed by atoms with Gasteiger partial charge in [-0.1, -0.05) is 0 Å². The van der Waals surface area contributed by atoms with E-state index in [1.54, 1.807) is 19.5 Å². The summed E-state index contributed by atoms with van der Waals surface area (Å²) < 4.78 is 5.19. The van der Waals surface area contributed by atoms with Crippen molar-refractivity contribution in [2.75, 3.05) is 31.7 Å². The maximum Gasteiger partial charge on any atom is 0.257 e. The molecule has 0 aromatic carbocycles. The predicted molar refractivity (Wildman–Crippen MR) is 60.6 cm³/mol. The van der Waals surface area contributed by atoms with Gasteiger partial charge >= 0.3 is 0 Å². The van der Waals surface area contributed by atoms with Crippen LogP contribution >= 0.6 is 0 Å². The van der Waals surface area contributed by atoms with E-state index in [1.807, 2.05) is 0 Å². The number of hydrogen-bond acceptors (Lipinski definition) is 5. The van der Waals surface area contributed by atoms with Crippen molar-refractivity contribution in [3.8, 4) is 5.88 Å². The van der Waals surface area contributed by atoms with Crippen LogP contribution in [0.15, 0.2) is 12.4 Å². The summed E-state index contributed by atoms with van der Waals surface area (Å²) in [7, 11) is 1.60. The first kappa shape index (κ1) is 11.1. The summed E-state index contributed by atoms with van der Waals surface area (Å²) >= 11 is 0. The first-order chi connectivity index (χ1) is 7.85. The Balaban J connectivity index is 2.16. The molecule has 0 spiro atoms. The van der Waals surface area contributed by atoms with Gasteiger partial charge in [-0.2, -0.15) is 0 Å². The monoisotopic (exact) mass is 223 g/mol. The van der Waals surface area contributed by atoms with Crippen LogP contribution in [0.5, 0.6) is 5.88 Å². The molecule has 0 saturated carbocycles. The van der Waals surface area contributed by atoms with E-state index < -0.39 is 0 Å². The summed E-state index contributed by atoms with van der Waals surface area (Å²) in [6.07, 6.45) is 5.44. The summed E-state index contributed by atoms with van der Waals surface area (Å²) in [6, 6.07) is 0. The Morgan fingerprint density at radius 3 is 3.06 bits per heavy atom. The number of nitrogens with zero attached hydrogens (tertiary/aromatic N) is 3. The molecule has 1 aromatic heterocycles. The van der Waals surface area contributed by atoms with Crippen molar-refractivity contribution < 1.29 is 9.84 Å². The number of aliphatic hydroxyl groups excluding tert-OH is 1. The third-order valence-electron chi connectivity index (χ3n) is 2.92. The highest BCUT2D eigenvalue weighted by Gasteiger charge is 2.22. The van der Waals surface area contributed by atoms with Gasteiger partial charge in [-0.25, -0.2) is 9.97 Å². The quantitative estimate of drug-likeness (QED) is 0.817. The Kier molecular flexibility index (Phi) is 3.56. The predicted octanol–water partition coefficient (Wildman–Crippen LogP) is 0.694. The Morgan fingerprint density at radius 1 is 1.50 bits per heavy atom. The Hall–Kier alpha value is -1.36. The van der Waals surface area contributed by atoms with Gasteiger partial charge in [0.1, 0.15) is 0 Å². The standard InChI is InChI=1S/C11H17N3O2/c1-16-11-10(12-4-5-13-11)14-6-2-3-9(7-14)8-15/h4-5,9,15H,2-3,6-8H2,1H3. The summed E-state index contributed by atoms with van der Waals surface area (Å²) in [6.45, 7) is 2.01. The van der Waals surface area contributed by atoms with Crippen molar-refractivity contribution in [3.63, 3.8) is 0 Å². The van der Waals surface area contributed by atoms with Gasteiger partial charge in [-0.05, 0) is 18.8 Å². The average molecular weight is 223 g/mol. The first-order valence-electron chi connectivity index (χ1n) is 5.56. The van der Waals surface area contributed by atoms with Gasteiger partial charge in [0, 0.05) is 32.1 Å². The topological polar surface area (TPSA) is 58.5 Å². The molecule has 1 aromatic rings. The van der Waals surface area contributed by atoms with Gasteiger partial charge in [0.15, 0.2) is 5.82 Å². The fraction of sp³-hybridized carbons (Fsp3) is 0.636. The Labute approximate surface area is 95.1 Å². The number of piperidine rings is 1. The molecule has 0 aliphatic carbocycles. The fourth-order valence-corrected chi connectivity index (χ4v) is 2.09. The smallest absolute Gasteiger partial charge is 0.257 e. The van der Waals surface area contributed by atoms with Crippen molar-refractivity contribution in [2.45, 2.75) is 12.8 Å². The molecule has 1 unspecified atom stereocenters. The van der Waals surface area contributed by atoms with E-state index in [2.05, 4.69) is 14.9 Å². The molecule has 5 heteroatoms. The molecule has 16 heavy (non-hydrogen) atoms. The third kappa shape index (κ3) is 2.24. The largest absolute Gasteiger partial charge is 0.478 e. The molecule has 88 valence electrons. The number of aliphatic hydroxyl groups is 1. The van der Waals surface area contributed by atoms with E-state index in [0.29, 0.717) is 11.8 Å². The van der Waals surface area contributed by atoms with Crippen LogP contribution < -0.4 is 9.64 Å². The van der Waals surface area contributed by atoms with Crippen molar-refractivity contribution in [2.24, 2.45) is 5.92 Å². The zero-order valence-electron chi connectivity index (χ0n) is 9.46. The zero-order chi connectivity index (χ0) is 11.4. The molecule has 2 heterocycles. The molecule has 5 nitrogen and oxygen atoms in total. The molecule has 0 amide bonds. The van der Waals surface area contributed by atoms with Crippen LogP contribution in [0.2, 0.25) is 0 Å². The third-order valence-corrected chi connectivity index (χ3v) is 2.92. The summed E-state index contributed by atoms with van der Waals surface area (Å²) in [5.41, 5.74) is 0. The summed E-state index contributed by atoms with van der Waals surface area (Å²) in [4.78, 5) is 10.6. The second-order valence-corrected chi connectivity index (χ2v) is 4.03. The SMILES string of the molecule is COc1nccnc1N1CCCC(CO)C1. The maximum atomic E-state index is 9.19. The van der Waals surface area contributed by atoms with Crippen LogP contribution in [0.25, 0.3) is 0 Å². The lowest BCUT2D eigenvalue weighted by atomic mass is 9.99. The number of methoxy groups -OCH3 is 1. The van der Waals surface area contributed by atoms with Gasteiger partial charge in [0.2, 0.25) is 0 Å². The molecular weight excluding hydrogens is 206 g/mol. The van der Waals surface area contributed by atoms with Gasteiger partial charge in [0.25, 0.3) is 5.88 Å². The molecule has 1 N–H and O–H groups in total. The second kappa shape index (κ2) is 5.12. The fourth-order valence-electron chi connectivity index (χ4n) is 2.09. The highest BCUT2D eigenvalue weighted by Crippen LogP contribution is 2.26. The lowest BCUT2D eigenvalue weighted by molar-refractivity contribution is 0.208. The van der Waals surface area contributed by atoms with Crippen LogP contribution in [0.4, 0.5) is 5.82 Å². The summed E-state index contributed by atoms with van der Waals surface area (Å²) in [5, 5.41) is 9.19. The van der Waals surface area contributed by atoms with Crippen LogP contribution in [0, 0.1) is 5.92 Å². The van der Waals surface area contributed by atoms with Crippen molar-refractivity contribution in [1.82, 2.24) is 9.97 Å². The van der Waals surface area contributed by atoms with E-state index in [9.17, 15) is 5.11 Å². The summed E-state index contributed by atoms with van der Waals surface area (Å²) in [5.74, 6) is 1.67. The van der Waals surface area contributed by atoms with Gasteiger partial charge in [-0.3, -0.25) is 0 Å². The number of aromatic nitrogens is 2. The van der Waals surface area contributed by atoms with Crippen LogP contribution in [-0.4, -0.2) is 41.9 Å². The minimum atomic E-state index is 0.235. The van der Waals surface area contributed by atoms with E-state index in [0.717, 1.165) is 31.7 Å². The molecule has 1 aliphatic heterocycles. The van der Waals surface area contributed by atoms with Crippen LogP contribution in [-0.2, 0) is 0 Å². The first-order valence-corrected chi connectivity index (χ1v) is 5.56. The van der Waals surface area contributed by atoms with E-state index in [-0.39, 0.29) is 6.61 Å². The maximum absolute atomic E-state index is 9.19. The minimum absolute atomic E-state index is 0.235. The van der Waals surface area contributed by atoms with Crippen molar-refractivity contribution >= 4 is 5.82 Å². The minimum Gasteiger partial charge on any atom is -0.478 e. The lowest BCUT2D eigenvalue weighted by Crippen LogP contribution is -2.37. The molecule has 0 bridgehead atoms. The highest BCUT2D eigenvalue weighted by atomic mass is 16.5. The highest BCUT2D eigenvalue weighted by molar-refractivity contribution is 5.48. The molecule has 0 radical (unpaired) electrons. The van der Waals surface area contributed by atoms with E-state index in [1.165, 1.54) is 0 Å². The lowest BCUT2D eigenvalue weighted by Gasteiger charge is -2.32. The molecular formula is C11H17N3O2. The number of ether oxygens (including phenoxy) is 1. The molecule has 1 atom stereocenters. The van der Waals surface area contributed by atoms with Gasteiger partial charge < -0.3 is 14.7 Å². The van der Waals surface area contributed by atoms with Crippen LogP contribution in [0.3, 0.4) is 0 Å². The van der Waals surface area contributed by atoms with Gasteiger partial charge in [0.05, 0.1) is 7.11 Å². The molecule has 2 rings (SSSR count). The normalized spacial score (nSPS) is 20.9. The average Bonchev–Trinajstić information content (AvgIpc) is 2.38. The van der Waals surface area contributed by atoms with Gasteiger partial charge in [-0.15, -0.1) is 0 Å². The van der Waals surface area contributed by atoms with E-state index in [4.69, 9.17) is 4.74 Å². The Bertz CT molecular complexity index is 346. The molecule has 1 fully saturated rings. The number of rotatable bonds is 3. The molecule has 1 saturated heterocycles. The second-order valence-electron chi connectivity index (χ2n) is 4.03. The number of anilines is 1. The number of hydrogen-bond donors (Lipinski definition) is 1. The molecule has 1 aliphatic rings.